The van der Waals surface area contributed by atoms with Gasteiger partial charge in [0.1, 0.15) is 0 Å². The van der Waals surface area contributed by atoms with Gasteiger partial charge in [0.15, 0.2) is 0 Å². The maximum atomic E-state index is 6.32. The average Bonchev–Trinajstić information content (AvgIpc) is 2.36. The fourth-order valence-corrected chi connectivity index (χ4v) is 2.78. The summed E-state index contributed by atoms with van der Waals surface area (Å²) in [6, 6.07) is 0.392. The van der Waals surface area contributed by atoms with Gasteiger partial charge >= 0.3 is 0 Å². The summed E-state index contributed by atoms with van der Waals surface area (Å²) in [5.41, 5.74) is 9.23. The molecule has 18 heavy (non-hydrogen) atoms. The maximum Gasteiger partial charge on any atom is 0.0102 e. The second-order valence-corrected chi connectivity index (χ2v) is 6.17. The van der Waals surface area contributed by atoms with Crippen LogP contribution in [0.1, 0.15) is 72.1 Å². The van der Waals surface area contributed by atoms with Crippen molar-refractivity contribution < 1.29 is 0 Å². The van der Waals surface area contributed by atoms with E-state index >= 15 is 0 Å². The van der Waals surface area contributed by atoms with Gasteiger partial charge < -0.3 is 5.73 Å². The van der Waals surface area contributed by atoms with Crippen molar-refractivity contribution in [1.29, 1.82) is 0 Å². The van der Waals surface area contributed by atoms with Crippen molar-refractivity contribution in [3.63, 3.8) is 0 Å². The molecular formula is C17H31N. The number of hydrogen-bond acceptors (Lipinski definition) is 1. The first-order valence-corrected chi connectivity index (χ1v) is 7.64. The fourth-order valence-electron chi connectivity index (χ4n) is 2.78. The van der Waals surface area contributed by atoms with Gasteiger partial charge in [0.2, 0.25) is 0 Å². The third kappa shape index (κ3) is 6.39. The molecule has 1 rings (SSSR count). The highest BCUT2D eigenvalue weighted by atomic mass is 14.6. The Balaban J connectivity index is 2.26. The van der Waals surface area contributed by atoms with E-state index in [0.717, 1.165) is 12.3 Å². The van der Waals surface area contributed by atoms with Crippen LogP contribution in [0.5, 0.6) is 0 Å². The van der Waals surface area contributed by atoms with E-state index in [1.165, 1.54) is 56.1 Å². The zero-order valence-corrected chi connectivity index (χ0v) is 12.5. The van der Waals surface area contributed by atoms with Crippen LogP contribution in [0.15, 0.2) is 23.3 Å². The molecule has 1 aliphatic carbocycles. The normalized spacial score (nSPS) is 19.7. The highest BCUT2D eigenvalue weighted by molar-refractivity contribution is 5.03. The SMILES string of the molecule is CC(C)=CCC/C(C)=C/C[C@H](N)C1CCCCC1. The van der Waals surface area contributed by atoms with Gasteiger partial charge in [-0.3, -0.25) is 0 Å². The summed E-state index contributed by atoms with van der Waals surface area (Å²) >= 11 is 0. The van der Waals surface area contributed by atoms with Crippen LogP contribution in [0.4, 0.5) is 0 Å². The molecule has 0 amide bonds. The van der Waals surface area contributed by atoms with Gasteiger partial charge in [-0.2, -0.15) is 0 Å². The van der Waals surface area contributed by atoms with Gasteiger partial charge in [-0.25, -0.2) is 0 Å². The number of allylic oxidation sites excluding steroid dienone is 3. The lowest BCUT2D eigenvalue weighted by Crippen LogP contribution is -2.31. The summed E-state index contributed by atoms with van der Waals surface area (Å²) in [5.74, 6) is 0.778. The molecule has 0 spiro atoms. The lowest BCUT2D eigenvalue weighted by Gasteiger charge is -2.26. The zero-order chi connectivity index (χ0) is 13.4. The molecule has 1 atom stereocenters. The van der Waals surface area contributed by atoms with Crippen LogP contribution in [0.3, 0.4) is 0 Å². The molecule has 0 aliphatic heterocycles. The lowest BCUT2D eigenvalue weighted by atomic mass is 9.83. The van der Waals surface area contributed by atoms with Crippen LogP contribution in [0.25, 0.3) is 0 Å². The molecule has 1 saturated carbocycles. The second kappa shape index (κ2) is 8.53. The summed E-state index contributed by atoms with van der Waals surface area (Å²) in [6.07, 6.45) is 15.0. The Morgan fingerprint density at radius 2 is 1.78 bits per heavy atom. The Kier molecular flexibility index (Phi) is 7.34. The van der Waals surface area contributed by atoms with E-state index in [1.807, 2.05) is 0 Å². The van der Waals surface area contributed by atoms with Gasteiger partial charge in [0, 0.05) is 6.04 Å². The molecule has 0 aromatic carbocycles. The highest BCUT2D eigenvalue weighted by Crippen LogP contribution is 2.27. The first-order valence-electron chi connectivity index (χ1n) is 7.64. The molecule has 0 radical (unpaired) electrons. The Labute approximate surface area is 114 Å². The van der Waals surface area contributed by atoms with Crippen LogP contribution < -0.4 is 5.73 Å². The first kappa shape index (κ1) is 15.5. The molecule has 2 N–H and O–H groups in total. The Bertz CT molecular complexity index is 278. The van der Waals surface area contributed by atoms with Crippen molar-refractivity contribution in [2.45, 2.75) is 78.2 Å². The van der Waals surface area contributed by atoms with Gasteiger partial charge in [0.25, 0.3) is 0 Å². The standard InChI is InChI=1S/C17H31N/c1-14(2)8-7-9-15(3)12-13-17(18)16-10-5-4-6-11-16/h8,12,16-17H,4-7,9-11,13,18H2,1-3H3/b15-12+/t17-/m0/s1. The Morgan fingerprint density at radius 3 is 2.39 bits per heavy atom. The molecule has 1 aliphatic rings. The lowest BCUT2D eigenvalue weighted by molar-refractivity contribution is 0.305. The summed E-state index contributed by atoms with van der Waals surface area (Å²) in [6.45, 7) is 6.57. The summed E-state index contributed by atoms with van der Waals surface area (Å²) in [5, 5.41) is 0. The van der Waals surface area contributed by atoms with Crippen molar-refractivity contribution >= 4 is 0 Å². The molecule has 1 heteroatoms. The van der Waals surface area contributed by atoms with Gasteiger partial charge in [-0.1, -0.05) is 42.6 Å². The minimum atomic E-state index is 0.392. The Morgan fingerprint density at radius 1 is 1.11 bits per heavy atom. The van der Waals surface area contributed by atoms with Crippen molar-refractivity contribution in [2.24, 2.45) is 11.7 Å². The van der Waals surface area contributed by atoms with E-state index in [-0.39, 0.29) is 0 Å². The number of nitrogens with two attached hydrogens (primary N) is 1. The monoisotopic (exact) mass is 249 g/mol. The Hall–Kier alpha value is -0.560. The topological polar surface area (TPSA) is 26.0 Å². The van der Waals surface area contributed by atoms with E-state index in [1.54, 1.807) is 0 Å². The van der Waals surface area contributed by atoms with Crippen molar-refractivity contribution in [3.05, 3.63) is 23.3 Å². The van der Waals surface area contributed by atoms with E-state index in [2.05, 4.69) is 32.9 Å². The molecule has 0 bridgehead atoms. The molecule has 104 valence electrons. The van der Waals surface area contributed by atoms with Gasteiger partial charge in [-0.15, -0.1) is 0 Å². The van der Waals surface area contributed by atoms with E-state index in [0.29, 0.717) is 6.04 Å². The van der Waals surface area contributed by atoms with Crippen molar-refractivity contribution in [1.82, 2.24) is 0 Å². The summed E-state index contributed by atoms with van der Waals surface area (Å²) < 4.78 is 0. The molecule has 0 saturated heterocycles. The molecule has 0 aromatic rings. The van der Waals surface area contributed by atoms with Crippen LogP contribution in [0.2, 0.25) is 0 Å². The third-order valence-electron chi connectivity index (χ3n) is 4.09. The van der Waals surface area contributed by atoms with Gasteiger partial charge in [-0.05, 0) is 58.8 Å². The summed E-state index contributed by atoms with van der Waals surface area (Å²) in [4.78, 5) is 0. The minimum absolute atomic E-state index is 0.392. The van der Waals surface area contributed by atoms with Crippen molar-refractivity contribution in [2.75, 3.05) is 0 Å². The molecular weight excluding hydrogens is 218 g/mol. The quantitative estimate of drug-likeness (QED) is 0.660. The smallest absolute Gasteiger partial charge is 0.0102 e. The molecule has 0 heterocycles. The minimum Gasteiger partial charge on any atom is -0.327 e. The van der Waals surface area contributed by atoms with Crippen molar-refractivity contribution in [3.8, 4) is 0 Å². The highest BCUT2D eigenvalue weighted by Gasteiger charge is 2.19. The second-order valence-electron chi connectivity index (χ2n) is 6.17. The number of rotatable bonds is 6. The maximum absolute atomic E-state index is 6.32. The van der Waals surface area contributed by atoms with E-state index in [4.69, 9.17) is 5.73 Å². The van der Waals surface area contributed by atoms with Crippen LogP contribution in [-0.2, 0) is 0 Å². The molecule has 1 fully saturated rings. The van der Waals surface area contributed by atoms with E-state index < -0.39 is 0 Å². The molecule has 1 nitrogen and oxygen atoms in total. The van der Waals surface area contributed by atoms with Gasteiger partial charge in [0.05, 0.1) is 0 Å². The third-order valence-corrected chi connectivity index (χ3v) is 4.09. The molecule has 0 aromatic heterocycles. The average molecular weight is 249 g/mol. The predicted octanol–water partition coefficient (Wildman–Crippen LogP) is 4.98. The van der Waals surface area contributed by atoms with E-state index in [9.17, 15) is 0 Å². The van der Waals surface area contributed by atoms with Crippen LogP contribution in [-0.4, -0.2) is 6.04 Å². The predicted molar refractivity (Wildman–Crippen MR) is 81.6 cm³/mol. The number of hydrogen-bond donors (Lipinski definition) is 1. The summed E-state index contributed by atoms with van der Waals surface area (Å²) in [7, 11) is 0. The van der Waals surface area contributed by atoms with Crippen LogP contribution >= 0.6 is 0 Å². The fraction of sp³-hybridized carbons (Fsp3) is 0.765. The van der Waals surface area contributed by atoms with Crippen LogP contribution in [0, 0.1) is 5.92 Å². The largest absolute Gasteiger partial charge is 0.327 e. The zero-order valence-electron chi connectivity index (χ0n) is 12.5. The first-order chi connectivity index (χ1) is 8.59. The molecule has 0 unspecified atom stereocenters.